The average Bonchev–Trinajstić information content (AvgIpc) is 3.17. The van der Waals surface area contributed by atoms with Gasteiger partial charge in [-0.05, 0) is 42.7 Å². The van der Waals surface area contributed by atoms with Crippen LogP contribution in [0.2, 0.25) is 0 Å². The molecule has 174 valence electrons. The molecule has 0 unspecified atom stereocenters. The van der Waals surface area contributed by atoms with E-state index in [1.807, 2.05) is 31.2 Å². The first-order chi connectivity index (χ1) is 15.7. The maximum Gasteiger partial charge on any atom is 0.255 e. The molecule has 0 spiro atoms. The summed E-state index contributed by atoms with van der Waals surface area (Å²) in [5.74, 6) is -1.80. The predicted molar refractivity (Wildman–Crippen MR) is 124 cm³/mol. The number of nitriles is 1. The van der Waals surface area contributed by atoms with Crippen molar-refractivity contribution in [1.29, 1.82) is 5.26 Å². The van der Waals surface area contributed by atoms with Gasteiger partial charge in [0, 0.05) is 25.4 Å². The van der Waals surface area contributed by atoms with E-state index in [2.05, 4.69) is 17.2 Å². The number of likely N-dealkylation sites (tertiary alicyclic amines) is 1. The molecule has 1 aliphatic rings. The molecule has 1 aromatic carbocycles. The normalized spacial score (nSPS) is 17.8. The van der Waals surface area contributed by atoms with Crippen LogP contribution in [0.5, 0.6) is 5.75 Å². The molecule has 33 heavy (non-hydrogen) atoms. The summed E-state index contributed by atoms with van der Waals surface area (Å²) in [7, 11) is 0. The Hall–Kier alpha value is -3.87. The summed E-state index contributed by atoms with van der Waals surface area (Å²) in [6, 6.07) is 5.79. The molecule has 1 aliphatic heterocycles. The standard InChI is InChI=1S/C24H28N4O5/c1-4-5-7-18-14-28(13-15(18)2)24(33)22(31)21(30)23(32)27-16(3)17-8-9-19(20(29)12-17)26-11-6-10-25/h4-9,11-12,16,21-22,26,29-31H,2,13-14H2,1,3H3,(H,27,32)/b5-4-,11-6-,18-7-/t16-,21-,22-/m1/s1. The molecule has 1 fully saturated rings. The lowest BCUT2D eigenvalue weighted by Crippen LogP contribution is -2.50. The monoisotopic (exact) mass is 452 g/mol. The first-order valence-electron chi connectivity index (χ1n) is 10.3. The highest BCUT2D eigenvalue weighted by molar-refractivity contribution is 5.91. The number of phenolic OH excluding ortho intramolecular Hbond substituents is 1. The van der Waals surface area contributed by atoms with Crippen LogP contribution in [0.3, 0.4) is 0 Å². The van der Waals surface area contributed by atoms with Crippen molar-refractivity contribution in [3.05, 3.63) is 72.0 Å². The van der Waals surface area contributed by atoms with E-state index in [-0.39, 0.29) is 18.8 Å². The zero-order chi connectivity index (χ0) is 24.5. The maximum atomic E-state index is 12.6. The third-order valence-corrected chi connectivity index (χ3v) is 5.10. The first-order valence-corrected chi connectivity index (χ1v) is 10.3. The van der Waals surface area contributed by atoms with Crippen molar-refractivity contribution in [2.24, 2.45) is 0 Å². The number of hydrogen-bond acceptors (Lipinski definition) is 7. The number of anilines is 1. The lowest BCUT2D eigenvalue weighted by atomic mass is 10.1. The van der Waals surface area contributed by atoms with Crippen molar-refractivity contribution in [1.82, 2.24) is 10.2 Å². The Labute approximate surface area is 192 Å². The summed E-state index contributed by atoms with van der Waals surface area (Å²) in [6.07, 6.45) is 4.15. The Kier molecular flexibility index (Phi) is 8.98. The highest BCUT2D eigenvalue weighted by Crippen LogP contribution is 2.27. The molecule has 0 aromatic heterocycles. The van der Waals surface area contributed by atoms with Gasteiger partial charge in [-0.15, -0.1) is 0 Å². The summed E-state index contributed by atoms with van der Waals surface area (Å²) in [4.78, 5) is 26.4. The van der Waals surface area contributed by atoms with Crippen LogP contribution in [0, 0.1) is 11.3 Å². The van der Waals surface area contributed by atoms with Crippen molar-refractivity contribution >= 4 is 17.5 Å². The topological polar surface area (TPSA) is 146 Å². The fraction of sp³-hybridized carbons (Fsp3) is 0.292. The van der Waals surface area contributed by atoms with Gasteiger partial charge >= 0.3 is 0 Å². The number of aliphatic hydroxyl groups excluding tert-OH is 2. The summed E-state index contributed by atoms with van der Waals surface area (Å²) < 4.78 is 0. The number of aliphatic hydroxyl groups is 2. The Morgan fingerprint density at radius 2 is 2.00 bits per heavy atom. The zero-order valence-corrected chi connectivity index (χ0v) is 18.5. The number of allylic oxidation sites excluding steroid dienone is 4. The van der Waals surface area contributed by atoms with E-state index in [0.29, 0.717) is 11.3 Å². The fourth-order valence-electron chi connectivity index (χ4n) is 3.20. The smallest absolute Gasteiger partial charge is 0.255 e. The Morgan fingerprint density at radius 1 is 1.27 bits per heavy atom. The van der Waals surface area contributed by atoms with Crippen LogP contribution in [-0.4, -0.2) is 57.3 Å². The Balaban J connectivity index is 1.99. The van der Waals surface area contributed by atoms with E-state index in [1.54, 1.807) is 19.1 Å². The number of nitrogens with zero attached hydrogens (tertiary/aromatic N) is 2. The van der Waals surface area contributed by atoms with Crippen molar-refractivity contribution < 1.29 is 24.9 Å². The third-order valence-electron chi connectivity index (χ3n) is 5.10. The second-order valence-corrected chi connectivity index (χ2v) is 7.52. The molecule has 1 saturated heterocycles. The third kappa shape index (κ3) is 6.55. The van der Waals surface area contributed by atoms with E-state index in [9.17, 15) is 24.9 Å². The molecule has 1 heterocycles. The molecule has 9 heteroatoms. The molecule has 0 aliphatic carbocycles. The molecular formula is C24H28N4O5. The van der Waals surface area contributed by atoms with Gasteiger partial charge in [0.2, 0.25) is 0 Å². The summed E-state index contributed by atoms with van der Waals surface area (Å²) in [5.41, 5.74) is 2.45. The Morgan fingerprint density at radius 3 is 2.64 bits per heavy atom. The molecule has 1 aromatic rings. The number of phenols is 1. The second kappa shape index (κ2) is 11.7. The molecule has 2 amide bonds. The van der Waals surface area contributed by atoms with Crippen molar-refractivity contribution in [3.8, 4) is 11.8 Å². The number of amides is 2. The van der Waals surface area contributed by atoms with Crippen molar-refractivity contribution in [3.63, 3.8) is 0 Å². The van der Waals surface area contributed by atoms with Gasteiger partial charge in [0.1, 0.15) is 5.75 Å². The Bertz CT molecular complexity index is 1040. The number of rotatable bonds is 8. The molecule has 2 rings (SSSR count). The lowest BCUT2D eigenvalue weighted by Gasteiger charge is -2.24. The van der Waals surface area contributed by atoms with E-state index < -0.39 is 30.1 Å². The van der Waals surface area contributed by atoms with Crippen LogP contribution in [0.4, 0.5) is 5.69 Å². The second-order valence-electron chi connectivity index (χ2n) is 7.52. The minimum absolute atomic E-state index is 0.108. The van der Waals surface area contributed by atoms with E-state index in [1.165, 1.54) is 23.2 Å². The van der Waals surface area contributed by atoms with Crippen LogP contribution in [0.25, 0.3) is 0 Å². The van der Waals surface area contributed by atoms with Gasteiger partial charge in [-0.3, -0.25) is 9.59 Å². The molecule has 5 N–H and O–H groups in total. The molecular weight excluding hydrogens is 424 g/mol. The fourth-order valence-corrected chi connectivity index (χ4v) is 3.20. The first kappa shape index (κ1) is 25.4. The minimum Gasteiger partial charge on any atom is -0.506 e. The van der Waals surface area contributed by atoms with Gasteiger partial charge in [0.15, 0.2) is 12.2 Å². The van der Waals surface area contributed by atoms with E-state index in [4.69, 9.17) is 5.26 Å². The molecule has 0 saturated carbocycles. The SMILES string of the molecule is C=C1CN(C(=O)[C@H](O)[C@@H](O)C(=O)N[C@H](C)c2ccc(N/C=C\C#N)c(O)c2)C/C1=C/C=C\C. The minimum atomic E-state index is -1.97. The number of aromatic hydroxyl groups is 1. The average molecular weight is 453 g/mol. The van der Waals surface area contributed by atoms with Gasteiger partial charge in [-0.1, -0.05) is 30.9 Å². The number of carbonyl (C=O) groups excluding carboxylic acids is 2. The van der Waals surface area contributed by atoms with Crippen LogP contribution < -0.4 is 10.6 Å². The van der Waals surface area contributed by atoms with Gasteiger partial charge in [-0.25, -0.2) is 0 Å². The van der Waals surface area contributed by atoms with Crippen LogP contribution in [-0.2, 0) is 9.59 Å². The van der Waals surface area contributed by atoms with Crippen LogP contribution in [0.1, 0.15) is 25.5 Å². The maximum absolute atomic E-state index is 12.6. The summed E-state index contributed by atoms with van der Waals surface area (Å²) in [6.45, 7) is 7.82. The molecule has 0 bridgehead atoms. The van der Waals surface area contributed by atoms with Gasteiger partial charge in [0.05, 0.1) is 17.8 Å². The number of carbonyl (C=O) groups is 2. The molecule has 9 nitrogen and oxygen atoms in total. The summed E-state index contributed by atoms with van der Waals surface area (Å²) >= 11 is 0. The van der Waals surface area contributed by atoms with Crippen molar-refractivity contribution in [2.75, 3.05) is 18.4 Å². The zero-order valence-electron chi connectivity index (χ0n) is 18.5. The molecule has 0 radical (unpaired) electrons. The predicted octanol–water partition coefficient (Wildman–Crippen LogP) is 1.64. The number of benzene rings is 1. The number of hydrogen-bond donors (Lipinski definition) is 5. The van der Waals surface area contributed by atoms with Gasteiger partial charge in [0.25, 0.3) is 11.8 Å². The highest BCUT2D eigenvalue weighted by Gasteiger charge is 2.36. The van der Waals surface area contributed by atoms with Crippen LogP contribution >= 0.6 is 0 Å². The largest absolute Gasteiger partial charge is 0.506 e. The highest BCUT2D eigenvalue weighted by atomic mass is 16.3. The van der Waals surface area contributed by atoms with Crippen molar-refractivity contribution in [2.45, 2.75) is 32.1 Å². The lowest BCUT2D eigenvalue weighted by molar-refractivity contribution is -0.152. The quantitative estimate of drug-likeness (QED) is 0.298. The summed E-state index contributed by atoms with van der Waals surface area (Å²) in [5, 5.41) is 44.4. The van der Waals surface area contributed by atoms with Gasteiger partial charge < -0.3 is 30.9 Å². The van der Waals surface area contributed by atoms with E-state index >= 15 is 0 Å². The van der Waals surface area contributed by atoms with Crippen LogP contribution in [0.15, 0.2) is 66.4 Å². The van der Waals surface area contributed by atoms with Gasteiger partial charge in [-0.2, -0.15) is 5.26 Å². The molecule has 3 atom stereocenters. The van der Waals surface area contributed by atoms with E-state index in [0.717, 1.165) is 11.1 Å². The number of nitrogens with one attached hydrogen (secondary N) is 2.